The third-order valence-electron chi connectivity index (χ3n) is 2.96. The number of hydrogen-bond donors (Lipinski definition) is 0. The molecule has 0 saturated carbocycles. The predicted molar refractivity (Wildman–Crippen MR) is 71.8 cm³/mol. The maximum atomic E-state index is 12.1. The second kappa shape index (κ2) is 6.20. The number of amides is 1. The molecular formula is C13H16BrNO3. The van der Waals surface area contributed by atoms with Crippen LogP contribution in [0.2, 0.25) is 0 Å². The van der Waals surface area contributed by atoms with E-state index in [-0.39, 0.29) is 5.91 Å². The van der Waals surface area contributed by atoms with Gasteiger partial charge in [0.25, 0.3) is 0 Å². The Labute approximate surface area is 115 Å². The zero-order valence-electron chi connectivity index (χ0n) is 10.3. The molecule has 0 aromatic heterocycles. The Morgan fingerprint density at radius 2 is 2.17 bits per heavy atom. The van der Waals surface area contributed by atoms with Crippen molar-refractivity contribution in [2.45, 2.75) is 6.42 Å². The van der Waals surface area contributed by atoms with Gasteiger partial charge < -0.3 is 14.4 Å². The summed E-state index contributed by atoms with van der Waals surface area (Å²) in [5.41, 5.74) is 0.950. The van der Waals surface area contributed by atoms with E-state index in [9.17, 15) is 4.79 Å². The number of rotatable bonds is 3. The quantitative estimate of drug-likeness (QED) is 0.855. The number of carbonyl (C=O) groups is 1. The van der Waals surface area contributed by atoms with Crippen molar-refractivity contribution < 1.29 is 14.3 Å². The third-order valence-corrected chi connectivity index (χ3v) is 3.73. The fourth-order valence-electron chi connectivity index (χ4n) is 1.90. The van der Waals surface area contributed by atoms with E-state index >= 15 is 0 Å². The fourth-order valence-corrected chi connectivity index (χ4v) is 2.29. The summed E-state index contributed by atoms with van der Waals surface area (Å²) in [5.74, 6) is 0.898. The lowest BCUT2D eigenvalue weighted by Gasteiger charge is -2.27. The molecule has 4 nitrogen and oxygen atoms in total. The van der Waals surface area contributed by atoms with E-state index in [2.05, 4.69) is 15.9 Å². The molecule has 1 aromatic rings. The van der Waals surface area contributed by atoms with Crippen LogP contribution in [0.1, 0.15) is 5.56 Å². The summed E-state index contributed by atoms with van der Waals surface area (Å²) in [6, 6.07) is 5.66. The summed E-state index contributed by atoms with van der Waals surface area (Å²) in [6.45, 7) is 2.62. The summed E-state index contributed by atoms with van der Waals surface area (Å²) < 4.78 is 11.3. The molecule has 1 aromatic carbocycles. The summed E-state index contributed by atoms with van der Waals surface area (Å²) >= 11 is 3.46. The first kappa shape index (κ1) is 13.4. The Morgan fingerprint density at radius 1 is 1.44 bits per heavy atom. The van der Waals surface area contributed by atoms with Crippen molar-refractivity contribution in [3.8, 4) is 5.75 Å². The van der Waals surface area contributed by atoms with Crippen LogP contribution in [0.15, 0.2) is 22.7 Å². The maximum absolute atomic E-state index is 12.1. The average molecular weight is 314 g/mol. The molecule has 0 radical (unpaired) electrons. The van der Waals surface area contributed by atoms with Gasteiger partial charge in [-0.05, 0) is 23.8 Å². The van der Waals surface area contributed by atoms with Crippen molar-refractivity contribution in [1.29, 1.82) is 0 Å². The first-order chi connectivity index (χ1) is 8.70. The van der Waals surface area contributed by atoms with Gasteiger partial charge in [0.15, 0.2) is 0 Å². The lowest BCUT2D eigenvalue weighted by atomic mass is 10.1. The summed E-state index contributed by atoms with van der Waals surface area (Å²) in [5, 5.41) is 0. The van der Waals surface area contributed by atoms with Gasteiger partial charge in [-0.2, -0.15) is 0 Å². The highest BCUT2D eigenvalue weighted by atomic mass is 79.9. The van der Waals surface area contributed by atoms with Gasteiger partial charge in [-0.25, -0.2) is 0 Å². The molecular weight excluding hydrogens is 298 g/mol. The second-order valence-corrected chi connectivity index (χ2v) is 4.98. The normalized spacial score (nSPS) is 15.6. The predicted octanol–water partition coefficient (Wildman–Crippen LogP) is 1.86. The minimum absolute atomic E-state index is 0.132. The van der Waals surface area contributed by atoms with Gasteiger partial charge in [0.1, 0.15) is 5.75 Å². The lowest BCUT2D eigenvalue weighted by Crippen LogP contribution is -2.41. The smallest absolute Gasteiger partial charge is 0.227 e. The highest BCUT2D eigenvalue weighted by molar-refractivity contribution is 9.10. The number of ether oxygens (including phenoxy) is 2. The second-order valence-electron chi connectivity index (χ2n) is 4.13. The molecule has 0 N–H and O–H groups in total. The summed E-state index contributed by atoms with van der Waals surface area (Å²) in [6.07, 6.45) is 0.387. The Bertz CT molecular complexity index is 430. The molecule has 0 spiro atoms. The van der Waals surface area contributed by atoms with Crippen LogP contribution < -0.4 is 4.74 Å². The van der Waals surface area contributed by atoms with Gasteiger partial charge in [0.2, 0.25) is 5.91 Å². The van der Waals surface area contributed by atoms with Crippen molar-refractivity contribution in [2.75, 3.05) is 33.4 Å². The van der Waals surface area contributed by atoms with Gasteiger partial charge in [-0.1, -0.05) is 15.9 Å². The number of hydrogen-bond acceptors (Lipinski definition) is 3. The van der Waals surface area contributed by atoms with Crippen LogP contribution in [0.3, 0.4) is 0 Å². The van der Waals surface area contributed by atoms with Gasteiger partial charge in [0.05, 0.1) is 26.7 Å². The number of morpholine rings is 1. The van der Waals surface area contributed by atoms with Crippen LogP contribution in [0.25, 0.3) is 0 Å². The van der Waals surface area contributed by atoms with Gasteiger partial charge in [-0.3, -0.25) is 4.79 Å². The van der Waals surface area contributed by atoms with Gasteiger partial charge >= 0.3 is 0 Å². The van der Waals surface area contributed by atoms with Crippen molar-refractivity contribution in [3.05, 3.63) is 28.2 Å². The molecule has 98 valence electrons. The fraction of sp³-hybridized carbons (Fsp3) is 0.462. The topological polar surface area (TPSA) is 38.8 Å². The minimum atomic E-state index is 0.132. The third kappa shape index (κ3) is 3.23. The highest BCUT2D eigenvalue weighted by Gasteiger charge is 2.18. The molecule has 0 unspecified atom stereocenters. The molecule has 1 fully saturated rings. The Morgan fingerprint density at radius 3 is 2.83 bits per heavy atom. The lowest BCUT2D eigenvalue weighted by molar-refractivity contribution is -0.134. The number of benzene rings is 1. The standard InChI is InChI=1S/C13H16BrNO3/c1-17-11-2-3-12(14)10(8-11)9-13(16)15-4-6-18-7-5-15/h2-3,8H,4-7,9H2,1H3. The molecule has 1 aliphatic heterocycles. The van der Waals surface area contributed by atoms with Crippen LogP contribution in [0, 0.1) is 0 Å². The molecule has 5 heteroatoms. The molecule has 1 amide bonds. The average Bonchev–Trinajstić information content (AvgIpc) is 2.42. The van der Waals surface area contributed by atoms with E-state index in [4.69, 9.17) is 9.47 Å². The Kier molecular flexibility index (Phi) is 4.60. The molecule has 1 aliphatic rings. The van der Waals surface area contributed by atoms with Gasteiger partial charge in [0, 0.05) is 17.6 Å². The first-order valence-corrected chi connectivity index (χ1v) is 6.68. The van der Waals surface area contributed by atoms with E-state index in [1.165, 1.54) is 0 Å². The Balaban J connectivity index is 2.05. The van der Waals surface area contributed by atoms with E-state index in [1.54, 1.807) is 7.11 Å². The van der Waals surface area contributed by atoms with Crippen LogP contribution in [-0.2, 0) is 16.0 Å². The van der Waals surface area contributed by atoms with E-state index in [0.29, 0.717) is 32.7 Å². The van der Waals surface area contributed by atoms with E-state index < -0.39 is 0 Å². The molecule has 0 atom stereocenters. The van der Waals surface area contributed by atoms with Gasteiger partial charge in [-0.15, -0.1) is 0 Å². The molecule has 0 bridgehead atoms. The number of carbonyl (C=O) groups excluding carboxylic acids is 1. The zero-order chi connectivity index (χ0) is 13.0. The monoisotopic (exact) mass is 313 g/mol. The van der Waals surface area contributed by atoms with Crippen molar-refractivity contribution in [1.82, 2.24) is 4.90 Å². The number of nitrogens with zero attached hydrogens (tertiary/aromatic N) is 1. The zero-order valence-corrected chi connectivity index (χ0v) is 11.9. The van der Waals surface area contributed by atoms with E-state index in [0.717, 1.165) is 15.8 Å². The van der Waals surface area contributed by atoms with Crippen LogP contribution in [0.4, 0.5) is 0 Å². The largest absolute Gasteiger partial charge is 0.497 e. The van der Waals surface area contributed by atoms with Crippen LogP contribution in [0.5, 0.6) is 5.75 Å². The SMILES string of the molecule is COc1ccc(Br)c(CC(=O)N2CCOCC2)c1. The minimum Gasteiger partial charge on any atom is -0.497 e. The first-order valence-electron chi connectivity index (χ1n) is 5.88. The molecule has 2 rings (SSSR count). The maximum Gasteiger partial charge on any atom is 0.227 e. The molecule has 18 heavy (non-hydrogen) atoms. The van der Waals surface area contributed by atoms with Crippen LogP contribution >= 0.6 is 15.9 Å². The van der Waals surface area contributed by atoms with Crippen molar-refractivity contribution in [3.63, 3.8) is 0 Å². The molecule has 1 saturated heterocycles. The summed E-state index contributed by atoms with van der Waals surface area (Å²) in [4.78, 5) is 14.0. The van der Waals surface area contributed by atoms with Crippen molar-refractivity contribution >= 4 is 21.8 Å². The molecule has 1 heterocycles. The van der Waals surface area contributed by atoms with E-state index in [1.807, 2.05) is 23.1 Å². The molecule has 0 aliphatic carbocycles. The number of halogens is 1. The number of methoxy groups -OCH3 is 1. The van der Waals surface area contributed by atoms with Crippen molar-refractivity contribution in [2.24, 2.45) is 0 Å². The van der Waals surface area contributed by atoms with Crippen LogP contribution in [-0.4, -0.2) is 44.2 Å². The summed E-state index contributed by atoms with van der Waals surface area (Å²) in [7, 11) is 1.62. The highest BCUT2D eigenvalue weighted by Crippen LogP contribution is 2.23. The Hall–Kier alpha value is -1.07.